The van der Waals surface area contributed by atoms with E-state index < -0.39 is 0 Å². The molecule has 1 aromatic carbocycles. The Balaban J connectivity index is 1.37. The van der Waals surface area contributed by atoms with Gasteiger partial charge in [-0.1, -0.05) is 24.3 Å². The van der Waals surface area contributed by atoms with Crippen LogP contribution in [0.15, 0.2) is 30.6 Å². The van der Waals surface area contributed by atoms with Crippen molar-refractivity contribution in [1.82, 2.24) is 24.6 Å². The van der Waals surface area contributed by atoms with Gasteiger partial charge in [0.1, 0.15) is 12.2 Å². The number of rotatable bonds is 3. The van der Waals surface area contributed by atoms with E-state index in [1.807, 2.05) is 0 Å². The van der Waals surface area contributed by atoms with E-state index in [2.05, 4.69) is 50.9 Å². The Morgan fingerprint density at radius 2 is 1.65 bits per heavy atom. The zero-order chi connectivity index (χ0) is 17.5. The SMILES string of the molecule is CN1CCC(N2CCCC2c2ncnn2C2Cc3ccccc3C2)CC1. The van der Waals surface area contributed by atoms with E-state index in [0.717, 1.165) is 12.8 Å². The van der Waals surface area contributed by atoms with Gasteiger partial charge >= 0.3 is 0 Å². The molecule has 0 N–H and O–H groups in total. The van der Waals surface area contributed by atoms with E-state index in [1.165, 1.54) is 62.3 Å². The molecule has 0 radical (unpaired) electrons. The number of benzene rings is 1. The highest BCUT2D eigenvalue weighted by Crippen LogP contribution is 2.38. The number of fused-ring (bicyclic) bond motifs is 1. The van der Waals surface area contributed by atoms with Gasteiger partial charge in [0.2, 0.25) is 0 Å². The third-order valence-electron chi connectivity index (χ3n) is 6.73. The normalized spacial score (nSPS) is 25.8. The number of nitrogens with zero attached hydrogens (tertiary/aromatic N) is 5. The van der Waals surface area contributed by atoms with Gasteiger partial charge in [-0.2, -0.15) is 5.10 Å². The highest BCUT2D eigenvalue weighted by molar-refractivity contribution is 5.33. The van der Waals surface area contributed by atoms with Crippen molar-refractivity contribution in [3.05, 3.63) is 47.5 Å². The second kappa shape index (κ2) is 6.78. The van der Waals surface area contributed by atoms with Gasteiger partial charge in [0, 0.05) is 6.04 Å². The quantitative estimate of drug-likeness (QED) is 0.852. The second-order valence-corrected chi connectivity index (χ2v) is 8.32. The molecule has 1 unspecified atom stereocenters. The summed E-state index contributed by atoms with van der Waals surface area (Å²) in [5.41, 5.74) is 2.97. The lowest BCUT2D eigenvalue weighted by molar-refractivity contribution is 0.104. The van der Waals surface area contributed by atoms with Crippen molar-refractivity contribution in [1.29, 1.82) is 0 Å². The van der Waals surface area contributed by atoms with Gasteiger partial charge in [-0.25, -0.2) is 9.67 Å². The molecule has 2 fully saturated rings. The Bertz CT molecular complexity index is 736. The monoisotopic (exact) mass is 351 g/mol. The Kier molecular flexibility index (Phi) is 4.29. The van der Waals surface area contributed by atoms with Gasteiger partial charge in [0.05, 0.1) is 12.1 Å². The van der Waals surface area contributed by atoms with E-state index in [4.69, 9.17) is 4.98 Å². The first kappa shape index (κ1) is 16.5. The molecular formula is C21H29N5. The minimum Gasteiger partial charge on any atom is -0.306 e. The number of likely N-dealkylation sites (tertiary alicyclic amines) is 2. The van der Waals surface area contributed by atoms with Crippen LogP contribution >= 0.6 is 0 Å². The first-order chi connectivity index (χ1) is 12.8. The summed E-state index contributed by atoms with van der Waals surface area (Å²) in [5, 5.41) is 4.69. The van der Waals surface area contributed by atoms with Crippen LogP contribution in [0.25, 0.3) is 0 Å². The summed E-state index contributed by atoms with van der Waals surface area (Å²) in [6.45, 7) is 3.66. The fourth-order valence-corrected chi connectivity index (χ4v) is 5.32. The fraction of sp³-hybridized carbons (Fsp3) is 0.619. The Labute approximate surface area is 156 Å². The molecule has 5 nitrogen and oxygen atoms in total. The van der Waals surface area contributed by atoms with Crippen LogP contribution in [0.2, 0.25) is 0 Å². The molecule has 5 rings (SSSR count). The molecule has 26 heavy (non-hydrogen) atoms. The van der Waals surface area contributed by atoms with Crippen molar-refractivity contribution in [2.24, 2.45) is 0 Å². The standard InChI is InChI=1S/C21H29N5/c1-24-11-8-18(9-12-24)25-10-4-7-20(25)21-22-15-23-26(21)19-13-16-5-2-3-6-17(16)14-19/h2-3,5-6,15,18-20H,4,7-14H2,1H3. The van der Waals surface area contributed by atoms with Gasteiger partial charge in [0.15, 0.2) is 0 Å². The predicted octanol–water partition coefficient (Wildman–Crippen LogP) is 2.85. The van der Waals surface area contributed by atoms with E-state index >= 15 is 0 Å². The maximum absolute atomic E-state index is 4.77. The molecule has 0 amide bonds. The Morgan fingerprint density at radius 1 is 0.923 bits per heavy atom. The summed E-state index contributed by atoms with van der Waals surface area (Å²) >= 11 is 0. The van der Waals surface area contributed by atoms with Crippen molar-refractivity contribution >= 4 is 0 Å². The van der Waals surface area contributed by atoms with Crippen LogP contribution in [-0.2, 0) is 12.8 Å². The Hall–Kier alpha value is -1.72. The van der Waals surface area contributed by atoms with E-state index in [-0.39, 0.29) is 0 Å². The van der Waals surface area contributed by atoms with Crippen LogP contribution in [0.5, 0.6) is 0 Å². The van der Waals surface area contributed by atoms with Crippen LogP contribution in [0.1, 0.15) is 54.7 Å². The lowest BCUT2D eigenvalue weighted by atomic mass is 10.0. The van der Waals surface area contributed by atoms with Crippen molar-refractivity contribution in [2.75, 3.05) is 26.7 Å². The summed E-state index contributed by atoms with van der Waals surface area (Å²) in [6.07, 6.45) is 9.05. The third-order valence-corrected chi connectivity index (χ3v) is 6.73. The number of hydrogen-bond donors (Lipinski definition) is 0. The van der Waals surface area contributed by atoms with Gasteiger partial charge < -0.3 is 4.90 Å². The summed E-state index contributed by atoms with van der Waals surface area (Å²) in [5.74, 6) is 1.21. The molecular weight excluding hydrogens is 322 g/mol. The van der Waals surface area contributed by atoms with Crippen LogP contribution < -0.4 is 0 Å². The van der Waals surface area contributed by atoms with Crippen molar-refractivity contribution < 1.29 is 0 Å². The van der Waals surface area contributed by atoms with E-state index in [1.54, 1.807) is 6.33 Å². The molecule has 1 atom stereocenters. The molecule has 0 bridgehead atoms. The van der Waals surface area contributed by atoms with Gasteiger partial charge in [0.25, 0.3) is 0 Å². The predicted molar refractivity (Wildman–Crippen MR) is 102 cm³/mol. The molecule has 3 heterocycles. The maximum Gasteiger partial charge on any atom is 0.144 e. The van der Waals surface area contributed by atoms with Gasteiger partial charge in [-0.3, -0.25) is 4.90 Å². The van der Waals surface area contributed by atoms with Gasteiger partial charge in [-0.15, -0.1) is 0 Å². The molecule has 0 saturated carbocycles. The van der Waals surface area contributed by atoms with E-state index in [9.17, 15) is 0 Å². The maximum atomic E-state index is 4.77. The number of aromatic nitrogens is 3. The largest absolute Gasteiger partial charge is 0.306 e. The average molecular weight is 351 g/mol. The zero-order valence-corrected chi connectivity index (χ0v) is 15.7. The van der Waals surface area contributed by atoms with Crippen LogP contribution in [0.3, 0.4) is 0 Å². The van der Waals surface area contributed by atoms with Crippen LogP contribution in [0, 0.1) is 0 Å². The molecule has 1 aliphatic carbocycles. The summed E-state index contributed by atoms with van der Waals surface area (Å²) in [6, 6.07) is 10.5. The highest BCUT2D eigenvalue weighted by Gasteiger charge is 2.37. The molecule has 1 aromatic heterocycles. The molecule has 2 saturated heterocycles. The zero-order valence-electron chi connectivity index (χ0n) is 15.7. The summed E-state index contributed by atoms with van der Waals surface area (Å²) < 4.78 is 2.26. The average Bonchev–Trinajstić information content (AvgIpc) is 3.39. The highest BCUT2D eigenvalue weighted by atomic mass is 15.4. The molecule has 2 aromatic rings. The minimum absolute atomic E-state index is 0.435. The first-order valence-corrected chi connectivity index (χ1v) is 10.2. The van der Waals surface area contributed by atoms with Gasteiger partial charge in [-0.05, 0) is 76.3 Å². The third kappa shape index (κ3) is 2.87. The lowest BCUT2D eigenvalue weighted by Crippen LogP contribution is -2.43. The first-order valence-electron chi connectivity index (χ1n) is 10.2. The summed E-state index contributed by atoms with van der Waals surface area (Å²) in [7, 11) is 2.24. The second-order valence-electron chi connectivity index (χ2n) is 8.32. The minimum atomic E-state index is 0.435. The molecule has 138 valence electrons. The lowest BCUT2D eigenvalue weighted by Gasteiger charge is -2.38. The number of piperidine rings is 1. The molecule has 2 aliphatic heterocycles. The topological polar surface area (TPSA) is 37.2 Å². The van der Waals surface area contributed by atoms with Crippen LogP contribution in [0.4, 0.5) is 0 Å². The van der Waals surface area contributed by atoms with Crippen molar-refractivity contribution in [3.63, 3.8) is 0 Å². The van der Waals surface area contributed by atoms with Crippen molar-refractivity contribution in [2.45, 2.75) is 56.7 Å². The summed E-state index contributed by atoms with van der Waals surface area (Å²) in [4.78, 5) is 9.97. The Morgan fingerprint density at radius 3 is 2.38 bits per heavy atom. The van der Waals surface area contributed by atoms with Crippen LogP contribution in [-0.4, -0.2) is 57.3 Å². The molecule has 3 aliphatic rings. The smallest absolute Gasteiger partial charge is 0.144 e. The number of hydrogen-bond acceptors (Lipinski definition) is 4. The van der Waals surface area contributed by atoms with Crippen molar-refractivity contribution in [3.8, 4) is 0 Å². The van der Waals surface area contributed by atoms with E-state index in [0.29, 0.717) is 18.1 Å². The fourth-order valence-electron chi connectivity index (χ4n) is 5.32. The molecule has 5 heteroatoms. The molecule has 0 spiro atoms.